The molecule has 1 fully saturated rings. The molecule has 0 radical (unpaired) electrons. The molecule has 1 atom stereocenters. The first-order valence-corrected chi connectivity index (χ1v) is 6.58. The zero-order chi connectivity index (χ0) is 11.5. The molecule has 0 aromatic carbocycles. The molecule has 1 aliphatic rings. The highest BCUT2D eigenvalue weighted by molar-refractivity contribution is 7.14. The van der Waals surface area contributed by atoms with Crippen molar-refractivity contribution in [3.05, 3.63) is 21.9 Å². The maximum Gasteiger partial charge on any atom is 0.264 e. The van der Waals surface area contributed by atoms with Gasteiger partial charge >= 0.3 is 0 Å². The molecule has 1 saturated heterocycles. The van der Waals surface area contributed by atoms with Gasteiger partial charge in [0.2, 0.25) is 0 Å². The molecule has 3 nitrogen and oxygen atoms in total. The van der Waals surface area contributed by atoms with Gasteiger partial charge in [-0.15, -0.1) is 11.3 Å². The van der Waals surface area contributed by atoms with E-state index in [1.165, 1.54) is 4.88 Å². The number of nitrogens with zero attached hydrogens (tertiary/aromatic N) is 1. The molecule has 0 unspecified atom stereocenters. The van der Waals surface area contributed by atoms with Crippen molar-refractivity contribution in [1.82, 2.24) is 4.90 Å². The quantitative estimate of drug-likeness (QED) is 0.875. The van der Waals surface area contributed by atoms with Gasteiger partial charge in [-0.1, -0.05) is 6.92 Å². The Balaban J connectivity index is 2.12. The molecule has 0 saturated carbocycles. The Labute approximate surface area is 99.7 Å². The third-order valence-electron chi connectivity index (χ3n) is 3.07. The first-order chi connectivity index (χ1) is 7.76. The summed E-state index contributed by atoms with van der Waals surface area (Å²) in [5, 5.41) is 9.19. The van der Waals surface area contributed by atoms with E-state index >= 15 is 0 Å². The lowest BCUT2D eigenvalue weighted by Crippen LogP contribution is -2.37. The predicted molar refractivity (Wildman–Crippen MR) is 64.8 cm³/mol. The van der Waals surface area contributed by atoms with E-state index in [4.69, 9.17) is 0 Å². The smallest absolute Gasteiger partial charge is 0.264 e. The van der Waals surface area contributed by atoms with Crippen molar-refractivity contribution in [1.29, 1.82) is 0 Å². The number of amides is 1. The monoisotopic (exact) mass is 239 g/mol. The lowest BCUT2D eigenvalue weighted by Gasteiger charge is -2.22. The van der Waals surface area contributed by atoms with Crippen molar-refractivity contribution < 1.29 is 9.90 Å². The van der Waals surface area contributed by atoms with E-state index in [-0.39, 0.29) is 18.6 Å². The van der Waals surface area contributed by atoms with Crippen LogP contribution < -0.4 is 0 Å². The standard InChI is InChI=1S/C12H17NO2S/c1-2-10-5-6-11(16-10)12(15)13-7-3-4-9(13)8-14/h5-6,9,14H,2-4,7-8H2,1H3/t9-/m1/s1. The summed E-state index contributed by atoms with van der Waals surface area (Å²) in [5.41, 5.74) is 0. The normalized spacial score (nSPS) is 20.4. The summed E-state index contributed by atoms with van der Waals surface area (Å²) in [6, 6.07) is 3.94. The average molecular weight is 239 g/mol. The van der Waals surface area contributed by atoms with Gasteiger partial charge in [-0.05, 0) is 31.4 Å². The summed E-state index contributed by atoms with van der Waals surface area (Å²) in [5.74, 6) is 0.0845. The number of aryl methyl sites for hydroxylation is 1. The predicted octanol–water partition coefficient (Wildman–Crippen LogP) is 1.91. The minimum atomic E-state index is 0.0275. The van der Waals surface area contributed by atoms with Crippen LogP contribution in [0.25, 0.3) is 0 Å². The number of aliphatic hydroxyl groups excluding tert-OH is 1. The number of carbonyl (C=O) groups is 1. The van der Waals surface area contributed by atoms with Crippen molar-refractivity contribution in [3.8, 4) is 0 Å². The average Bonchev–Trinajstić information content (AvgIpc) is 2.96. The lowest BCUT2D eigenvalue weighted by molar-refractivity contribution is 0.0682. The van der Waals surface area contributed by atoms with Gasteiger partial charge in [0.1, 0.15) is 0 Å². The summed E-state index contributed by atoms with van der Waals surface area (Å²) in [6.45, 7) is 2.95. The second-order valence-electron chi connectivity index (χ2n) is 4.10. The maximum atomic E-state index is 12.2. The van der Waals surface area contributed by atoms with Gasteiger partial charge in [-0.2, -0.15) is 0 Å². The summed E-state index contributed by atoms with van der Waals surface area (Å²) < 4.78 is 0. The number of aliphatic hydroxyl groups is 1. The topological polar surface area (TPSA) is 40.5 Å². The molecule has 1 aliphatic heterocycles. The van der Waals surface area contributed by atoms with Crippen LogP contribution in [-0.4, -0.2) is 35.1 Å². The Hall–Kier alpha value is -0.870. The van der Waals surface area contributed by atoms with Gasteiger partial charge in [0, 0.05) is 11.4 Å². The second kappa shape index (κ2) is 4.97. The molecule has 0 aliphatic carbocycles. The largest absolute Gasteiger partial charge is 0.394 e. The molecule has 1 aromatic rings. The summed E-state index contributed by atoms with van der Waals surface area (Å²) >= 11 is 1.57. The molecule has 1 aromatic heterocycles. The van der Waals surface area contributed by atoms with Crippen LogP contribution in [0.3, 0.4) is 0 Å². The van der Waals surface area contributed by atoms with Crippen molar-refractivity contribution in [2.75, 3.05) is 13.2 Å². The molecular weight excluding hydrogens is 222 g/mol. The fourth-order valence-corrected chi connectivity index (χ4v) is 3.02. The van der Waals surface area contributed by atoms with Crippen LogP contribution in [0.4, 0.5) is 0 Å². The van der Waals surface area contributed by atoms with E-state index in [0.29, 0.717) is 0 Å². The van der Waals surface area contributed by atoms with E-state index in [0.717, 1.165) is 30.7 Å². The van der Waals surface area contributed by atoms with Crippen LogP contribution in [0.2, 0.25) is 0 Å². The Morgan fingerprint density at radius 2 is 2.44 bits per heavy atom. The van der Waals surface area contributed by atoms with Gasteiger partial charge in [-0.25, -0.2) is 0 Å². The summed E-state index contributed by atoms with van der Waals surface area (Å²) in [4.78, 5) is 16.0. The summed E-state index contributed by atoms with van der Waals surface area (Å²) in [6.07, 6.45) is 2.90. The highest BCUT2D eigenvalue weighted by Crippen LogP contribution is 2.24. The van der Waals surface area contributed by atoms with Gasteiger partial charge in [0.25, 0.3) is 5.91 Å². The zero-order valence-corrected chi connectivity index (χ0v) is 10.3. The molecule has 0 bridgehead atoms. The van der Waals surface area contributed by atoms with Crippen molar-refractivity contribution in [3.63, 3.8) is 0 Å². The minimum Gasteiger partial charge on any atom is -0.394 e. The van der Waals surface area contributed by atoms with Crippen LogP contribution >= 0.6 is 11.3 Å². The van der Waals surface area contributed by atoms with E-state index in [1.807, 2.05) is 17.0 Å². The first kappa shape index (κ1) is 11.6. The van der Waals surface area contributed by atoms with E-state index in [2.05, 4.69) is 6.92 Å². The molecule has 1 amide bonds. The number of hydrogen-bond acceptors (Lipinski definition) is 3. The Bertz CT molecular complexity index is 375. The number of hydrogen-bond donors (Lipinski definition) is 1. The van der Waals surface area contributed by atoms with Crippen LogP contribution in [-0.2, 0) is 6.42 Å². The van der Waals surface area contributed by atoms with Gasteiger partial charge in [0.05, 0.1) is 17.5 Å². The van der Waals surface area contributed by atoms with Crippen molar-refractivity contribution in [2.24, 2.45) is 0 Å². The highest BCUT2D eigenvalue weighted by atomic mass is 32.1. The third-order valence-corrected chi connectivity index (χ3v) is 4.29. The number of carbonyl (C=O) groups excluding carboxylic acids is 1. The molecule has 88 valence electrons. The van der Waals surface area contributed by atoms with Crippen LogP contribution in [0, 0.1) is 0 Å². The number of rotatable bonds is 3. The van der Waals surface area contributed by atoms with Gasteiger partial charge in [-0.3, -0.25) is 4.79 Å². The maximum absolute atomic E-state index is 12.2. The zero-order valence-electron chi connectivity index (χ0n) is 9.48. The van der Waals surface area contributed by atoms with Crippen LogP contribution in [0.15, 0.2) is 12.1 Å². The number of thiophene rings is 1. The molecule has 2 rings (SSSR count). The second-order valence-corrected chi connectivity index (χ2v) is 5.27. The van der Waals surface area contributed by atoms with Crippen molar-refractivity contribution >= 4 is 17.2 Å². The Morgan fingerprint density at radius 3 is 3.06 bits per heavy atom. The van der Waals surface area contributed by atoms with Crippen LogP contribution in [0.1, 0.15) is 34.3 Å². The van der Waals surface area contributed by atoms with E-state index in [9.17, 15) is 9.90 Å². The minimum absolute atomic E-state index is 0.0275. The fourth-order valence-electron chi connectivity index (χ4n) is 2.12. The lowest BCUT2D eigenvalue weighted by atomic mass is 10.2. The summed E-state index contributed by atoms with van der Waals surface area (Å²) in [7, 11) is 0. The van der Waals surface area contributed by atoms with Crippen LogP contribution in [0.5, 0.6) is 0 Å². The van der Waals surface area contributed by atoms with E-state index < -0.39 is 0 Å². The molecule has 2 heterocycles. The molecule has 0 spiro atoms. The Morgan fingerprint density at radius 1 is 1.62 bits per heavy atom. The Kier molecular flexibility index (Phi) is 3.61. The highest BCUT2D eigenvalue weighted by Gasteiger charge is 2.29. The molecule has 16 heavy (non-hydrogen) atoms. The van der Waals surface area contributed by atoms with Crippen molar-refractivity contribution in [2.45, 2.75) is 32.2 Å². The first-order valence-electron chi connectivity index (χ1n) is 5.76. The SMILES string of the molecule is CCc1ccc(C(=O)N2CCC[C@@H]2CO)s1. The number of likely N-dealkylation sites (tertiary alicyclic amines) is 1. The van der Waals surface area contributed by atoms with Gasteiger partial charge in [0.15, 0.2) is 0 Å². The molecular formula is C12H17NO2S. The third kappa shape index (κ3) is 2.13. The van der Waals surface area contributed by atoms with Gasteiger partial charge < -0.3 is 10.0 Å². The fraction of sp³-hybridized carbons (Fsp3) is 0.583. The van der Waals surface area contributed by atoms with E-state index in [1.54, 1.807) is 11.3 Å². The molecule has 1 N–H and O–H groups in total. The molecule has 4 heteroatoms.